The highest BCUT2D eigenvalue weighted by Gasteiger charge is 2.47. The van der Waals surface area contributed by atoms with Gasteiger partial charge in [-0.15, -0.1) is 0 Å². The van der Waals surface area contributed by atoms with E-state index < -0.39 is 29.4 Å². The van der Waals surface area contributed by atoms with E-state index in [1.165, 1.54) is 13.8 Å². The fourth-order valence-electron chi connectivity index (χ4n) is 2.55. The lowest BCUT2D eigenvalue weighted by Crippen LogP contribution is -2.49. The van der Waals surface area contributed by atoms with Gasteiger partial charge in [0.15, 0.2) is 5.78 Å². The summed E-state index contributed by atoms with van der Waals surface area (Å²) in [6.07, 6.45) is 0.0827. The Morgan fingerprint density at radius 3 is 2.26 bits per heavy atom. The lowest BCUT2D eigenvalue weighted by atomic mass is 9.96. The fourth-order valence-corrected chi connectivity index (χ4v) is 2.55. The smallest absolute Gasteiger partial charge is 0.331 e. The van der Waals surface area contributed by atoms with Crippen molar-refractivity contribution >= 4 is 23.4 Å². The molecular formula is C19H23NO7. The molecule has 1 aromatic rings. The van der Waals surface area contributed by atoms with Crippen LogP contribution in [0.3, 0.4) is 0 Å². The van der Waals surface area contributed by atoms with E-state index in [4.69, 9.17) is 19.0 Å². The first-order chi connectivity index (χ1) is 12.8. The lowest BCUT2D eigenvalue weighted by molar-refractivity contribution is -0.238. The van der Waals surface area contributed by atoms with Crippen LogP contribution in [0.5, 0.6) is 5.75 Å². The van der Waals surface area contributed by atoms with Crippen molar-refractivity contribution in [3.05, 3.63) is 29.8 Å². The van der Waals surface area contributed by atoms with E-state index in [1.54, 1.807) is 26.2 Å². The summed E-state index contributed by atoms with van der Waals surface area (Å²) in [5.41, 5.74) is 1.26. The number of cyclic esters (lactones) is 2. The van der Waals surface area contributed by atoms with Crippen molar-refractivity contribution < 1.29 is 33.4 Å². The number of Topliss-reactive ketones (excluding diaryl/α,β-unsaturated/α-hetero) is 1. The number of carbonyl (C=O) groups excluding carboxylic acids is 3. The Bertz CT molecular complexity index is 717. The van der Waals surface area contributed by atoms with Gasteiger partial charge in [-0.25, -0.2) is 0 Å². The molecule has 1 fully saturated rings. The third-order valence-corrected chi connectivity index (χ3v) is 3.75. The number of carbonyl (C=O) groups is 3. The summed E-state index contributed by atoms with van der Waals surface area (Å²) in [6, 6.07) is 7.23. The maximum absolute atomic E-state index is 12.5. The molecule has 146 valence electrons. The van der Waals surface area contributed by atoms with Gasteiger partial charge in [-0.2, -0.15) is 0 Å². The highest BCUT2D eigenvalue weighted by molar-refractivity contribution is 6.20. The van der Waals surface area contributed by atoms with Crippen molar-refractivity contribution in [1.29, 1.82) is 0 Å². The normalized spacial score (nSPS) is 17.1. The van der Waals surface area contributed by atoms with Crippen LogP contribution >= 0.6 is 0 Å². The van der Waals surface area contributed by atoms with Gasteiger partial charge in [0.25, 0.3) is 5.79 Å². The summed E-state index contributed by atoms with van der Waals surface area (Å²) >= 11 is 0. The quantitative estimate of drug-likeness (QED) is 0.296. The number of ketones is 1. The number of methoxy groups -OCH3 is 1. The molecule has 1 heterocycles. The summed E-state index contributed by atoms with van der Waals surface area (Å²) < 4.78 is 15.1. The molecule has 27 heavy (non-hydrogen) atoms. The molecule has 0 amide bonds. The second kappa shape index (κ2) is 8.66. The van der Waals surface area contributed by atoms with Crippen molar-refractivity contribution in [3.63, 3.8) is 0 Å². The van der Waals surface area contributed by atoms with Crippen LogP contribution in [-0.2, 0) is 35.1 Å². The Kier molecular flexibility index (Phi) is 6.55. The van der Waals surface area contributed by atoms with E-state index in [9.17, 15) is 14.4 Å². The minimum Gasteiger partial charge on any atom is -0.497 e. The zero-order chi connectivity index (χ0) is 20.0. The summed E-state index contributed by atoms with van der Waals surface area (Å²) in [6.45, 7) is 4.93. The van der Waals surface area contributed by atoms with Gasteiger partial charge >= 0.3 is 11.9 Å². The molecule has 0 spiro atoms. The molecule has 2 rings (SSSR count). The minimum absolute atomic E-state index is 0.235. The van der Waals surface area contributed by atoms with Crippen molar-refractivity contribution in [3.8, 4) is 5.75 Å². The average molecular weight is 377 g/mol. The molecule has 8 heteroatoms. The number of ether oxygens (including phenoxy) is 3. The van der Waals surface area contributed by atoms with Crippen LogP contribution in [-0.4, -0.2) is 42.9 Å². The maximum atomic E-state index is 12.5. The summed E-state index contributed by atoms with van der Waals surface area (Å²) in [5, 5.41) is 3.95. The van der Waals surface area contributed by atoms with E-state index in [-0.39, 0.29) is 6.42 Å². The molecule has 0 saturated carbocycles. The second-order valence-electron chi connectivity index (χ2n) is 6.42. The zero-order valence-electron chi connectivity index (χ0n) is 15.8. The predicted molar refractivity (Wildman–Crippen MR) is 95.1 cm³/mol. The Labute approximate surface area is 157 Å². The topological polar surface area (TPSA) is 100 Å². The molecule has 1 saturated heterocycles. The van der Waals surface area contributed by atoms with Crippen LogP contribution in [0.25, 0.3) is 0 Å². The molecule has 1 aromatic carbocycles. The Morgan fingerprint density at radius 2 is 1.74 bits per heavy atom. The summed E-state index contributed by atoms with van der Waals surface area (Å²) in [4.78, 5) is 41.7. The van der Waals surface area contributed by atoms with Crippen molar-refractivity contribution in [2.24, 2.45) is 11.1 Å². The van der Waals surface area contributed by atoms with Gasteiger partial charge < -0.3 is 19.0 Å². The van der Waals surface area contributed by atoms with Crippen LogP contribution in [0.1, 0.15) is 32.8 Å². The molecule has 0 unspecified atom stereocenters. The highest BCUT2D eigenvalue weighted by atomic mass is 16.7. The molecule has 0 bridgehead atoms. The minimum atomic E-state index is -1.61. The second-order valence-corrected chi connectivity index (χ2v) is 6.42. The molecule has 0 atom stereocenters. The van der Waals surface area contributed by atoms with Crippen molar-refractivity contribution in [1.82, 2.24) is 0 Å². The van der Waals surface area contributed by atoms with Crippen molar-refractivity contribution in [2.75, 3.05) is 13.7 Å². The number of hydrogen-bond donors (Lipinski definition) is 0. The van der Waals surface area contributed by atoms with E-state index in [2.05, 4.69) is 5.16 Å². The summed E-state index contributed by atoms with van der Waals surface area (Å²) in [7, 11) is 1.57. The molecule has 0 aliphatic carbocycles. The van der Waals surface area contributed by atoms with Crippen LogP contribution < -0.4 is 4.74 Å². The number of rotatable bonds is 8. The molecule has 1 aliphatic heterocycles. The molecule has 1 aliphatic rings. The summed E-state index contributed by atoms with van der Waals surface area (Å²) in [5.74, 6) is -4.76. The Balaban J connectivity index is 2.11. The largest absolute Gasteiger partial charge is 0.497 e. The Morgan fingerprint density at radius 1 is 1.15 bits per heavy atom. The van der Waals surface area contributed by atoms with E-state index in [1.807, 2.05) is 12.1 Å². The number of nitrogens with zero attached hydrogens (tertiary/aromatic N) is 1. The van der Waals surface area contributed by atoms with Crippen LogP contribution in [0, 0.1) is 5.92 Å². The number of oxime groups is 1. The van der Waals surface area contributed by atoms with Gasteiger partial charge in [-0.05, 0) is 24.6 Å². The van der Waals surface area contributed by atoms with Gasteiger partial charge in [-0.3, -0.25) is 14.4 Å². The monoisotopic (exact) mass is 377 g/mol. The molecule has 8 nitrogen and oxygen atoms in total. The SMILES string of the molecule is CCON=C(CC(=O)C1C(=O)OC(C)(C)OC1=O)Cc1ccc(OC)cc1. The first kappa shape index (κ1) is 20.4. The van der Waals surface area contributed by atoms with Gasteiger partial charge in [0.1, 0.15) is 12.4 Å². The van der Waals surface area contributed by atoms with E-state index in [0.29, 0.717) is 24.5 Å². The predicted octanol–water partition coefficient (Wildman–Crippen LogP) is 2.04. The standard InChI is InChI=1S/C19H23NO7/c1-5-25-20-13(10-12-6-8-14(24-4)9-7-12)11-15(21)16-17(22)26-19(2,3)27-18(16)23/h6-9,16H,5,10-11H2,1-4H3. The molecule has 0 aromatic heterocycles. The zero-order valence-corrected chi connectivity index (χ0v) is 15.8. The van der Waals surface area contributed by atoms with E-state index in [0.717, 1.165) is 5.56 Å². The van der Waals surface area contributed by atoms with Gasteiger partial charge in [-0.1, -0.05) is 17.3 Å². The molecule has 0 radical (unpaired) electrons. The molecule has 0 N–H and O–H groups in total. The Hall–Kier alpha value is -2.90. The number of benzene rings is 1. The maximum Gasteiger partial charge on any atom is 0.331 e. The van der Waals surface area contributed by atoms with Gasteiger partial charge in [0.05, 0.1) is 12.8 Å². The van der Waals surface area contributed by atoms with Gasteiger partial charge in [0, 0.05) is 26.7 Å². The van der Waals surface area contributed by atoms with Crippen LogP contribution in [0.4, 0.5) is 0 Å². The average Bonchev–Trinajstić information content (AvgIpc) is 2.58. The number of esters is 2. The number of hydrogen-bond acceptors (Lipinski definition) is 8. The van der Waals surface area contributed by atoms with Crippen LogP contribution in [0.15, 0.2) is 29.4 Å². The lowest BCUT2D eigenvalue weighted by Gasteiger charge is -2.32. The third-order valence-electron chi connectivity index (χ3n) is 3.75. The first-order valence-corrected chi connectivity index (χ1v) is 8.54. The van der Waals surface area contributed by atoms with Crippen LogP contribution in [0.2, 0.25) is 0 Å². The fraction of sp³-hybridized carbons (Fsp3) is 0.474. The van der Waals surface area contributed by atoms with Gasteiger partial charge in [0.2, 0.25) is 5.92 Å². The first-order valence-electron chi connectivity index (χ1n) is 8.54. The van der Waals surface area contributed by atoms with E-state index >= 15 is 0 Å². The third kappa shape index (κ3) is 5.54. The van der Waals surface area contributed by atoms with Crippen molar-refractivity contribution in [2.45, 2.75) is 39.4 Å². The molecular weight excluding hydrogens is 354 g/mol. The highest BCUT2D eigenvalue weighted by Crippen LogP contribution is 2.24.